The lowest BCUT2D eigenvalue weighted by molar-refractivity contribution is -0.176. The maximum Gasteiger partial charge on any atom is 0.336 e. The van der Waals surface area contributed by atoms with E-state index in [4.69, 9.17) is 131 Å². The number of aromatic carboxylic acids is 4. The molecule has 24 nitrogen and oxygen atoms in total. The Morgan fingerprint density at radius 3 is 1.40 bits per heavy atom. The molecule has 4 heterocycles. The second-order valence-corrected chi connectivity index (χ2v) is 28.8. The Hall–Kier alpha value is -12.3. The van der Waals surface area contributed by atoms with Crippen molar-refractivity contribution in [3.8, 4) is 79.9 Å². The van der Waals surface area contributed by atoms with Gasteiger partial charge in [-0.05, 0) is 95.1 Å². The van der Waals surface area contributed by atoms with Gasteiger partial charge in [-0.15, -0.1) is 0 Å². The first-order valence-corrected chi connectivity index (χ1v) is 36.6. The highest BCUT2D eigenvalue weighted by atomic mass is 35.5. The van der Waals surface area contributed by atoms with E-state index in [2.05, 4.69) is 0 Å². The van der Waals surface area contributed by atoms with Crippen LogP contribution in [0.2, 0.25) is 35.2 Å². The van der Waals surface area contributed by atoms with E-state index in [1.165, 1.54) is 85.8 Å². The Balaban J connectivity index is 0.000000142. The average Bonchev–Trinajstić information content (AvgIpc) is 0.758. The molecule has 16 rings (SSSR count). The van der Waals surface area contributed by atoms with E-state index < -0.39 is 64.7 Å². The molecule has 3 unspecified atom stereocenters. The maximum absolute atomic E-state index is 12.0. The van der Waals surface area contributed by atoms with Crippen molar-refractivity contribution in [2.75, 3.05) is 0 Å². The number of carbonyl (C=O) groups is 7. The number of carbonyl (C=O) groups excluding carboxylic acids is 3. The predicted molar refractivity (Wildman–Crippen MR) is 428 cm³/mol. The molecule has 2 aliphatic carbocycles. The third-order valence-electron chi connectivity index (χ3n) is 18.6. The molecular formula is C84H52Cl8O24. The van der Waals surface area contributed by atoms with Crippen molar-refractivity contribution in [1.82, 2.24) is 0 Å². The Morgan fingerprint density at radius 2 is 0.879 bits per heavy atom. The number of benzene rings is 11. The van der Waals surface area contributed by atoms with Crippen LogP contribution in [-0.4, -0.2) is 93.5 Å². The lowest BCUT2D eigenvalue weighted by Crippen LogP contribution is -2.28. The lowest BCUT2D eigenvalue weighted by Gasteiger charge is -2.36. The summed E-state index contributed by atoms with van der Waals surface area (Å²) in [6.07, 6.45) is 2.85. The topological polar surface area (TPSA) is 398 Å². The molecule has 0 spiro atoms. The zero-order chi connectivity index (χ0) is 83.6. The number of ketones is 1. The van der Waals surface area contributed by atoms with E-state index in [9.17, 15) is 79.2 Å². The van der Waals surface area contributed by atoms with Gasteiger partial charge in [0.1, 0.15) is 75.5 Å². The van der Waals surface area contributed by atoms with Crippen LogP contribution in [0.1, 0.15) is 116 Å². The molecule has 6 aliphatic rings. The summed E-state index contributed by atoms with van der Waals surface area (Å²) in [5, 5.41) is 91.8. The number of carboxylic acid groups (broad SMARTS) is 4. The zero-order valence-electron chi connectivity index (χ0n) is 58.8. The number of carboxylic acids is 4. The number of halogens is 8. The van der Waals surface area contributed by atoms with E-state index in [-0.39, 0.29) is 104 Å². The molecule has 0 aromatic heterocycles. The molecule has 4 aliphatic heterocycles. The summed E-state index contributed by atoms with van der Waals surface area (Å²) in [4.78, 5) is 93.3. The fourth-order valence-electron chi connectivity index (χ4n) is 13.7. The van der Waals surface area contributed by atoms with Crippen LogP contribution in [0.4, 0.5) is 0 Å². The molecule has 0 saturated heterocycles. The van der Waals surface area contributed by atoms with Crippen molar-refractivity contribution in [3.63, 3.8) is 0 Å². The van der Waals surface area contributed by atoms with E-state index in [1.807, 2.05) is 0 Å². The fourth-order valence-corrected chi connectivity index (χ4v) is 15.2. The van der Waals surface area contributed by atoms with E-state index >= 15 is 0 Å². The summed E-state index contributed by atoms with van der Waals surface area (Å²) >= 11 is 49.3. The standard InChI is InChI=1S/C24H16Cl2O7.2C20H12Cl2O5.C20H10Cl2O5.H2O2/c1-12(28)32-22-9-21-17(8-19(22)26)23(14-4-2-3-5-15(14)24(29)30)16-7-18(25)13(10-31-11-27)6-20(16)33-21;3*21-13-5-11-17(7-15(13)23)27-18-8-16(24)14(22)6-12(18)19(11)9-3-1-2-4-10(9)20(25)26;1-2/h2-9,11,23H,10H2,1H3,(H,29,30);1-8,19,23-24H,(H,25,26);1-8,11,19,24H,(H,25,26);1-8,23H,(H,25,26);1-2H. The second kappa shape index (κ2) is 34.8. The minimum Gasteiger partial charge on any atom is -0.506 e. The van der Waals surface area contributed by atoms with Crippen LogP contribution in [0.15, 0.2) is 214 Å². The predicted octanol–water partition coefficient (Wildman–Crippen LogP) is 20.7. The first kappa shape index (κ1) is 83.1. The highest BCUT2D eigenvalue weighted by molar-refractivity contribution is 6.44. The number of phenols is 4. The van der Waals surface area contributed by atoms with Crippen molar-refractivity contribution in [3.05, 3.63) is 323 Å². The number of hydrogen-bond acceptors (Lipinski definition) is 20. The van der Waals surface area contributed by atoms with Gasteiger partial charge in [-0.2, -0.15) is 0 Å². The number of phenolic OH excluding ortho intramolecular Hbond substituents is 4. The monoisotopic (exact) mass is 1720 g/mol. The number of ether oxygens (including phenoxy) is 5. The molecule has 588 valence electrons. The zero-order valence-corrected chi connectivity index (χ0v) is 64.8. The Kier molecular flexibility index (Phi) is 24.9. The van der Waals surface area contributed by atoms with Crippen molar-refractivity contribution in [1.29, 1.82) is 0 Å². The van der Waals surface area contributed by atoms with Crippen LogP contribution >= 0.6 is 92.8 Å². The van der Waals surface area contributed by atoms with Gasteiger partial charge in [0.25, 0.3) is 6.47 Å². The summed E-state index contributed by atoms with van der Waals surface area (Å²) in [6.45, 7) is 1.49. The number of esters is 1. The molecule has 10 aromatic rings. The highest BCUT2D eigenvalue weighted by Gasteiger charge is 2.41. The SMILES string of the molecule is CC(=O)Oc1cc2c(cc1Cl)C(c1ccccc1C(=O)O)c1cc(Cl)c(COC=O)cc1O2.O=C(O)c1ccccc1-c1c2cc(Cl)c(=O)cc-2oc2cc(O)c(Cl)cc12.O=C(O)c1ccccc1C1c2cc(Cl)c(O)cc2Oc2cc(O)c(Cl)cc21.O=C1C=C2Oc3cc(O)c(Cl)cc3C(c3ccccc3C(=O)O)C2C=C1Cl.OO. The fraction of sp³-hybridized carbons (Fsp3) is 0.0714. The first-order chi connectivity index (χ1) is 55.4. The van der Waals surface area contributed by atoms with Gasteiger partial charge in [-0.25, -0.2) is 19.2 Å². The number of aromatic hydroxyl groups is 4. The quantitative estimate of drug-likeness (QED) is 0.0136. The number of hydrogen-bond donors (Lipinski definition) is 10. The van der Waals surface area contributed by atoms with Gasteiger partial charge >= 0.3 is 29.8 Å². The van der Waals surface area contributed by atoms with E-state index in [0.717, 1.165) is 0 Å². The maximum atomic E-state index is 12.0. The molecule has 32 heteroatoms. The van der Waals surface area contributed by atoms with Crippen molar-refractivity contribution in [2.24, 2.45) is 5.92 Å². The number of rotatable bonds is 12. The summed E-state index contributed by atoms with van der Waals surface area (Å²) in [6, 6.07) is 46.8. The second-order valence-electron chi connectivity index (χ2n) is 25.5. The third-order valence-corrected chi connectivity index (χ3v) is 21.1. The summed E-state index contributed by atoms with van der Waals surface area (Å²) in [7, 11) is 0. The first-order valence-electron chi connectivity index (χ1n) is 33.6. The van der Waals surface area contributed by atoms with Gasteiger partial charge in [0, 0.05) is 128 Å². The Labute approximate surface area is 693 Å². The van der Waals surface area contributed by atoms with Gasteiger partial charge in [-0.3, -0.25) is 29.7 Å². The van der Waals surface area contributed by atoms with Gasteiger partial charge in [0.2, 0.25) is 5.43 Å². The molecule has 116 heavy (non-hydrogen) atoms. The summed E-state index contributed by atoms with van der Waals surface area (Å²) < 4.78 is 33.5. The molecule has 0 amide bonds. The van der Waals surface area contributed by atoms with Crippen molar-refractivity contribution in [2.45, 2.75) is 31.3 Å². The smallest absolute Gasteiger partial charge is 0.336 e. The third kappa shape index (κ3) is 16.8. The number of fused-ring (bicyclic) bond motifs is 8. The van der Waals surface area contributed by atoms with Crippen LogP contribution < -0.4 is 24.4 Å². The molecule has 10 N–H and O–H groups in total. The molecule has 0 radical (unpaired) electrons. The van der Waals surface area contributed by atoms with Crippen LogP contribution in [0.25, 0.3) is 33.4 Å². The van der Waals surface area contributed by atoms with E-state index in [0.29, 0.717) is 118 Å². The van der Waals surface area contributed by atoms with Crippen LogP contribution in [-0.2, 0) is 25.7 Å². The Bertz CT molecular complexity index is 6120. The normalized spacial score (nSPS) is 14.4. The van der Waals surface area contributed by atoms with Gasteiger partial charge in [0.05, 0.1) is 57.4 Å². The average molecular weight is 1730 g/mol. The van der Waals surface area contributed by atoms with Gasteiger partial charge in [0.15, 0.2) is 11.5 Å². The lowest BCUT2D eigenvalue weighted by atomic mass is 9.74. The van der Waals surface area contributed by atoms with Crippen molar-refractivity contribution < 1.29 is 113 Å². The van der Waals surface area contributed by atoms with Crippen LogP contribution in [0.5, 0.6) is 57.5 Å². The minimum absolute atomic E-state index is 0.0176. The largest absolute Gasteiger partial charge is 0.506 e. The molecular weight excluding hydrogens is 1680 g/mol. The molecule has 0 fully saturated rings. The minimum atomic E-state index is -1.11. The number of allylic oxidation sites excluding steroid dienone is 3. The molecule has 3 atom stereocenters. The summed E-state index contributed by atoms with van der Waals surface area (Å²) in [5.74, 6) is -5.82. The van der Waals surface area contributed by atoms with Gasteiger partial charge < -0.3 is 69.0 Å². The van der Waals surface area contributed by atoms with Crippen LogP contribution in [0.3, 0.4) is 0 Å². The summed E-state index contributed by atoms with van der Waals surface area (Å²) in [5.41, 5.74) is 6.60. The highest BCUT2D eigenvalue weighted by Crippen LogP contribution is 2.56. The molecule has 10 aromatic carbocycles. The van der Waals surface area contributed by atoms with Crippen molar-refractivity contribution >= 4 is 146 Å². The Morgan fingerprint density at radius 1 is 0.448 bits per heavy atom. The van der Waals surface area contributed by atoms with Gasteiger partial charge in [-0.1, -0.05) is 172 Å². The van der Waals surface area contributed by atoms with E-state index in [1.54, 1.807) is 115 Å². The molecule has 0 bridgehead atoms. The van der Waals surface area contributed by atoms with Crippen LogP contribution in [0, 0.1) is 5.92 Å². The molecule has 0 saturated carbocycles.